The molecule has 0 amide bonds. The molecular formula is C37H57NO2. The molecule has 2 unspecified atom stereocenters. The predicted molar refractivity (Wildman–Crippen MR) is 175 cm³/mol. The molecule has 0 bridgehead atoms. The van der Waals surface area contributed by atoms with Gasteiger partial charge in [-0.15, -0.1) is 0 Å². The van der Waals surface area contributed by atoms with E-state index in [0.717, 1.165) is 44.9 Å². The standard InChI is InChI=1S/C20H26O2.C15H25N.C2H6/c1-4-5-6-7-16-12-19(20(22)13-16)18-10-8-17(9-11-18)14(2)15(3)21;1-6-12(2)7-8-14-9-13(11-16-14)10-15(3,4)5;1-2/h5-8,10,14,19H,4,9,11-13H2,1-3H3;6,11H,7-10H2,1-5H3;1-2H3/b6-5-,16-7-;12-6+;. The van der Waals surface area contributed by atoms with Gasteiger partial charge < -0.3 is 0 Å². The van der Waals surface area contributed by atoms with Crippen LogP contribution >= 0.6 is 0 Å². The van der Waals surface area contributed by atoms with Crippen molar-refractivity contribution in [3.63, 3.8) is 0 Å². The molecule has 0 aromatic heterocycles. The lowest BCUT2D eigenvalue weighted by Crippen LogP contribution is -2.15. The van der Waals surface area contributed by atoms with E-state index >= 15 is 0 Å². The number of ketones is 2. The van der Waals surface area contributed by atoms with Crippen LogP contribution in [0.4, 0.5) is 0 Å². The molecule has 1 heterocycles. The molecule has 0 saturated heterocycles. The van der Waals surface area contributed by atoms with Crippen LogP contribution in [0.5, 0.6) is 0 Å². The van der Waals surface area contributed by atoms with E-state index in [0.29, 0.717) is 17.6 Å². The number of aliphatic imine (C=N–C) groups is 1. The Morgan fingerprint density at radius 3 is 2.38 bits per heavy atom. The van der Waals surface area contributed by atoms with Crippen molar-refractivity contribution in [2.75, 3.05) is 0 Å². The van der Waals surface area contributed by atoms with Crippen molar-refractivity contribution < 1.29 is 9.59 Å². The Balaban J connectivity index is 0.000000394. The van der Waals surface area contributed by atoms with E-state index < -0.39 is 0 Å². The van der Waals surface area contributed by atoms with Crippen molar-refractivity contribution in [3.05, 3.63) is 70.5 Å². The van der Waals surface area contributed by atoms with Crippen LogP contribution in [-0.4, -0.2) is 17.3 Å². The maximum Gasteiger partial charge on any atom is 0.144 e. The van der Waals surface area contributed by atoms with Gasteiger partial charge in [-0.05, 0) is 76.7 Å². The largest absolute Gasteiger partial charge is 0.299 e. The van der Waals surface area contributed by atoms with Gasteiger partial charge in [0.05, 0.1) is 0 Å². The number of carbonyl (C=O) groups is 2. The highest BCUT2D eigenvalue weighted by atomic mass is 16.1. The van der Waals surface area contributed by atoms with Gasteiger partial charge in [0.1, 0.15) is 11.6 Å². The predicted octanol–water partition coefficient (Wildman–Crippen LogP) is 10.7. The highest BCUT2D eigenvalue weighted by molar-refractivity contribution is 5.90. The summed E-state index contributed by atoms with van der Waals surface area (Å²) in [5.41, 5.74) is 8.40. The second kappa shape index (κ2) is 18.0. The normalized spacial score (nSPS) is 21.1. The topological polar surface area (TPSA) is 46.5 Å². The minimum absolute atomic E-state index is 0.00622. The Bertz CT molecular complexity index is 1070. The molecule has 40 heavy (non-hydrogen) atoms. The fraction of sp³-hybridized carbons (Fsp3) is 0.595. The van der Waals surface area contributed by atoms with Gasteiger partial charge in [0.25, 0.3) is 0 Å². The van der Waals surface area contributed by atoms with Crippen molar-refractivity contribution in [2.24, 2.45) is 22.2 Å². The average molecular weight is 548 g/mol. The highest BCUT2D eigenvalue weighted by Crippen LogP contribution is 2.37. The molecule has 3 rings (SSSR count). The maximum atomic E-state index is 12.3. The van der Waals surface area contributed by atoms with Crippen LogP contribution in [0.25, 0.3) is 0 Å². The summed E-state index contributed by atoms with van der Waals surface area (Å²) in [6, 6.07) is 0. The van der Waals surface area contributed by atoms with Crippen LogP contribution in [0, 0.1) is 17.3 Å². The van der Waals surface area contributed by atoms with E-state index in [1.165, 1.54) is 40.0 Å². The van der Waals surface area contributed by atoms with Gasteiger partial charge in [0.2, 0.25) is 0 Å². The number of allylic oxidation sites excluding steroid dienone is 11. The van der Waals surface area contributed by atoms with Crippen molar-refractivity contribution >= 4 is 17.3 Å². The van der Waals surface area contributed by atoms with E-state index in [2.05, 4.69) is 89.2 Å². The Kier molecular flexibility index (Phi) is 16.0. The number of hydrogen-bond donors (Lipinski definition) is 0. The first-order chi connectivity index (χ1) is 18.9. The number of rotatable bonds is 9. The zero-order valence-electron chi connectivity index (χ0n) is 27.3. The fourth-order valence-electron chi connectivity index (χ4n) is 5.15. The third-order valence-electron chi connectivity index (χ3n) is 7.71. The number of hydrogen-bond acceptors (Lipinski definition) is 3. The zero-order valence-corrected chi connectivity index (χ0v) is 27.3. The lowest BCUT2D eigenvalue weighted by atomic mass is 9.83. The van der Waals surface area contributed by atoms with E-state index in [1.807, 2.05) is 20.8 Å². The lowest BCUT2D eigenvalue weighted by molar-refractivity contribution is -0.120. The van der Waals surface area contributed by atoms with E-state index in [-0.39, 0.29) is 17.6 Å². The minimum Gasteiger partial charge on any atom is -0.299 e. The van der Waals surface area contributed by atoms with Gasteiger partial charge in [-0.1, -0.05) is 107 Å². The van der Waals surface area contributed by atoms with Gasteiger partial charge in [-0.3, -0.25) is 14.6 Å². The zero-order chi connectivity index (χ0) is 30.3. The van der Waals surface area contributed by atoms with Crippen LogP contribution in [0.2, 0.25) is 0 Å². The summed E-state index contributed by atoms with van der Waals surface area (Å²) in [5, 5.41) is 0. The second-order valence-electron chi connectivity index (χ2n) is 12.4. The number of nitrogens with zero attached hydrogens (tertiary/aromatic N) is 1. The van der Waals surface area contributed by atoms with Crippen molar-refractivity contribution in [3.8, 4) is 0 Å². The van der Waals surface area contributed by atoms with Gasteiger partial charge >= 0.3 is 0 Å². The van der Waals surface area contributed by atoms with Crippen LogP contribution in [0.15, 0.2) is 75.5 Å². The summed E-state index contributed by atoms with van der Waals surface area (Å²) in [6.45, 7) is 20.9. The average Bonchev–Trinajstić information content (AvgIpc) is 3.53. The van der Waals surface area contributed by atoms with Gasteiger partial charge in [0.15, 0.2) is 0 Å². The Labute approximate surface area is 246 Å². The van der Waals surface area contributed by atoms with Crippen molar-refractivity contribution in [2.45, 2.75) is 127 Å². The van der Waals surface area contributed by atoms with Crippen LogP contribution < -0.4 is 0 Å². The van der Waals surface area contributed by atoms with Gasteiger partial charge in [-0.25, -0.2) is 0 Å². The molecule has 1 saturated carbocycles. The van der Waals surface area contributed by atoms with Crippen LogP contribution in [-0.2, 0) is 9.59 Å². The smallest absolute Gasteiger partial charge is 0.144 e. The second-order valence-corrected chi connectivity index (χ2v) is 12.4. The minimum atomic E-state index is 0.00622. The molecule has 3 heteroatoms. The van der Waals surface area contributed by atoms with E-state index in [4.69, 9.17) is 0 Å². The fourth-order valence-corrected chi connectivity index (χ4v) is 5.15. The summed E-state index contributed by atoms with van der Waals surface area (Å²) in [7, 11) is 0. The number of Topliss-reactive ketones (excluding diaryl/α,β-unsaturated/α-hetero) is 2. The first-order valence-electron chi connectivity index (χ1n) is 15.6. The summed E-state index contributed by atoms with van der Waals surface area (Å²) in [6.07, 6.45) is 23.6. The maximum absolute atomic E-state index is 12.3. The van der Waals surface area contributed by atoms with E-state index in [1.54, 1.807) is 6.92 Å². The molecule has 3 aliphatic rings. The van der Waals surface area contributed by atoms with Crippen LogP contribution in [0.1, 0.15) is 127 Å². The van der Waals surface area contributed by atoms with Crippen molar-refractivity contribution in [1.29, 1.82) is 0 Å². The Morgan fingerprint density at radius 2 is 1.82 bits per heavy atom. The molecule has 0 aromatic carbocycles. The first kappa shape index (κ1) is 35.5. The molecule has 2 aliphatic carbocycles. The third-order valence-corrected chi connectivity index (χ3v) is 7.71. The molecule has 0 radical (unpaired) electrons. The molecular weight excluding hydrogens is 490 g/mol. The molecule has 222 valence electrons. The van der Waals surface area contributed by atoms with E-state index in [9.17, 15) is 9.59 Å². The Morgan fingerprint density at radius 1 is 1.12 bits per heavy atom. The highest BCUT2D eigenvalue weighted by Gasteiger charge is 2.31. The lowest BCUT2D eigenvalue weighted by Gasteiger charge is -2.21. The summed E-state index contributed by atoms with van der Waals surface area (Å²) < 4.78 is 0. The summed E-state index contributed by atoms with van der Waals surface area (Å²) >= 11 is 0. The van der Waals surface area contributed by atoms with Crippen LogP contribution in [0.3, 0.4) is 0 Å². The van der Waals surface area contributed by atoms with Crippen molar-refractivity contribution in [1.82, 2.24) is 0 Å². The molecule has 1 aliphatic heterocycles. The summed E-state index contributed by atoms with van der Waals surface area (Å²) in [5.74, 6) is 0.630. The molecule has 1 fully saturated rings. The quantitative estimate of drug-likeness (QED) is 0.269. The monoisotopic (exact) mass is 547 g/mol. The molecule has 3 nitrogen and oxygen atoms in total. The molecule has 0 aromatic rings. The first-order valence-corrected chi connectivity index (χ1v) is 15.6. The third kappa shape index (κ3) is 12.7. The molecule has 0 N–H and O–H groups in total. The Hall–Kier alpha value is -2.55. The summed E-state index contributed by atoms with van der Waals surface area (Å²) in [4.78, 5) is 28.3. The SMILES string of the molecule is C/C=C(\C)CCC1=NC=C(CC(C)(C)C)C1.CC.CC/C=C\C=C1/CC(=O)C(C2=CC=C(C(C)C(C)=O)CC2)C1. The number of carbonyl (C=O) groups excluding carboxylic acids is 2. The molecule has 2 atom stereocenters. The molecule has 0 spiro atoms. The van der Waals surface area contributed by atoms with Gasteiger partial charge in [-0.2, -0.15) is 0 Å². The van der Waals surface area contributed by atoms with Gasteiger partial charge in [0, 0.05) is 36.6 Å².